The topological polar surface area (TPSA) is 66.3 Å². The summed E-state index contributed by atoms with van der Waals surface area (Å²) >= 11 is 1.64. The molecule has 21 heavy (non-hydrogen) atoms. The minimum absolute atomic E-state index is 0.304. The van der Waals surface area contributed by atoms with Gasteiger partial charge >= 0.3 is 5.97 Å². The normalized spacial score (nSPS) is 28.2. The zero-order valence-electron chi connectivity index (χ0n) is 11.6. The Morgan fingerprint density at radius 1 is 1.33 bits per heavy atom. The largest absolute Gasteiger partial charge is 0.481 e. The van der Waals surface area contributed by atoms with Crippen molar-refractivity contribution < 1.29 is 9.90 Å². The number of fused-ring (bicyclic) bond motifs is 3. The van der Waals surface area contributed by atoms with Crippen LogP contribution in [0.1, 0.15) is 32.1 Å². The lowest BCUT2D eigenvalue weighted by molar-refractivity contribution is -0.138. The fourth-order valence-corrected chi connectivity index (χ4v) is 4.76. The number of hydrogen-bond donors (Lipinski definition) is 1. The molecule has 0 aromatic carbocycles. The highest BCUT2D eigenvalue weighted by Gasteiger charge is 2.42. The number of piperidine rings is 1. The van der Waals surface area contributed by atoms with E-state index in [9.17, 15) is 4.79 Å². The molecule has 0 amide bonds. The van der Waals surface area contributed by atoms with Crippen molar-refractivity contribution in [2.75, 3.05) is 4.90 Å². The zero-order valence-corrected chi connectivity index (χ0v) is 12.4. The molecule has 110 valence electrons. The molecule has 2 bridgehead atoms. The first-order chi connectivity index (χ1) is 10.2. The number of thiophene rings is 1. The first-order valence-electron chi connectivity index (χ1n) is 7.40. The highest BCUT2D eigenvalue weighted by Crippen LogP contribution is 2.43. The van der Waals surface area contributed by atoms with E-state index in [1.165, 1.54) is 0 Å². The van der Waals surface area contributed by atoms with Gasteiger partial charge in [-0.05, 0) is 43.0 Å². The van der Waals surface area contributed by atoms with Crippen molar-refractivity contribution in [1.29, 1.82) is 0 Å². The number of nitrogens with zero attached hydrogens (tertiary/aromatic N) is 3. The molecule has 4 rings (SSSR count). The smallest absolute Gasteiger partial charge is 0.303 e. The van der Waals surface area contributed by atoms with E-state index in [1.54, 1.807) is 17.7 Å². The van der Waals surface area contributed by atoms with Crippen LogP contribution >= 0.6 is 11.3 Å². The first-order valence-corrected chi connectivity index (χ1v) is 8.28. The van der Waals surface area contributed by atoms with E-state index in [0.29, 0.717) is 24.4 Å². The molecule has 2 fully saturated rings. The van der Waals surface area contributed by atoms with Crippen molar-refractivity contribution in [3.05, 3.63) is 17.8 Å². The SMILES string of the molecule is O=C(O)CC1CC2CCC(C1)N2c1ncnc2sccc12. The maximum Gasteiger partial charge on any atom is 0.303 e. The zero-order chi connectivity index (χ0) is 14.4. The second-order valence-corrected chi connectivity index (χ2v) is 6.96. The summed E-state index contributed by atoms with van der Waals surface area (Å²) in [6.07, 6.45) is 6.19. The van der Waals surface area contributed by atoms with Crippen LogP contribution in [0.25, 0.3) is 10.2 Å². The second kappa shape index (κ2) is 4.94. The van der Waals surface area contributed by atoms with E-state index in [2.05, 4.69) is 26.3 Å². The van der Waals surface area contributed by atoms with Crippen LogP contribution in [0.4, 0.5) is 5.82 Å². The van der Waals surface area contributed by atoms with Crippen molar-refractivity contribution >= 4 is 33.3 Å². The average Bonchev–Trinajstić information content (AvgIpc) is 3.01. The molecule has 0 spiro atoms. The van der Waals surface area contributed by atoms with Gasteiger partial charge in [-0.15, -0.1) is 11.3 Å². The van der Waals surface area contributed by atoms with Crippen LogP contribution in [0.5, 0.6) is 0 Å². The number of carbonyl (C=O) groups is 1. The summed E-state index contributed by atoms with van der Waals surface area (Å²) in [5, 5.41) is 12.2. The van der Waals surface area contributed by atoms with Crippen LogP contribution in [-0.4, -0.2) is 33.1 Å². The van der Waals surface area contributed by atoms with E-state index in [-0.39, 0.29) is 0 Å². The van der Waals surface area contributed by atoms with Crippen molar-refractivity contribution in [1.82, 2.24) is 9.97 Å². The van der Waals surface area contributed by atoms with Crippen molar-refractivity contribution in [2.24, 2.45) is 5.92 Å². The van der Waals surface area contributed by atoms with E-state index in [0.717, 1.165) is 41.7 Å². The van der Waals surface area contributed by atoms with Crippen molar-refractivity contribution in [2.45, 2.75) is 44.2 Å². The quantitative estimate of drug-likeness (QED) is 0.944. The number of carboxylic acids is 1. The molecular weight excluding hydrogens is 286 g/mol. The van der Waals surface area contributed by atoms with Gasteiger partial charge in [0, 0.05) is 18.5 Å². The molecular formula is C15H17N3O2S. The van der Waals surface area contributed by atoms with Gasteiger partial charge in [0.25, 0.3) is 0 Å². The number of rotatable bonds is 3. The lowest BCUT2D eigenvalue weighted by Gasteiger charge is -2.39. The molecule has 6 heteroatoms. The molecule has 4 heterocycles. The lowest BCUT2D eigenvalue weighted by atomic mass is 9.88. The number of anilines is 1. The maximum atomic E-state index is 11.0. The molecule has 0 aliphatic carbocycles. The Bertz CT molecular complexity index is 672. The summed E-state index contributed by atoms with van der Waals surface area (Å²) in [6, 6.07) is 2.97. The van der Waals surface area contributed by atoms with Crippen LogP contribution in [0.15, 0.2) is 17.8 Å². The second-order valence-electron chi connectivity index (χ2n) is 6.06. The summed E-state index contributed by atoms with van der Waals surface area (Å²) in [6.45, 7) is 0. The predicted molar refractivity (Wildman–Crippen MR) is 81.7 cm³/mol. The van der Waals surface area contributed by atoms with Crippen LogP contribution in [-0.2, 0) is 4.79 Å². The van der Waals surface area contributed by atoms with Gasteiger partial charge in [0.1, 0.15) is 17.0 Å². The maximum absolute atomic E-state index is 11.0. The molecule has 2 aliphatic heterocycles. The van der Waals surface area contributed by atoms with Crippen molar-refractivity contribution in [3.8, 4) is 0 Å². The summed E-state index contributed by atoms with van der Waals surface area (Å²) < 4.78 is 0. The first kappa shape index (κ1) is 13.0. The van der Waals surface area contributed by atoms with Gasteiger partial charge in [-0.3, -0.25) is 4.79 Å². The van der Waals surface area contributed by atoms with Gasteiger partial charge in [-0.2, -0.15) is 0 Å². The van der Waals surface area contributed by atoms with Gasteiger partial charge < -0.3 is 10.0 Å². The summed E-state index contributed by atoms with van der Waals surface area (Å²) in [5.74, 6) is 0.689. The highest BCUT2D eigenvalue weighted by molar-refractivity contribution is 7.16. The molecule has 2 atom stereocenters. The number of carboxylic acid groups (broad SMARTS) is 1. The number of aliphatic carboxylic acids is 1. The Balaban J connectivity index is 1.65. The average molecular weight is 303 g/mol. The van der Waals surface area contributed by atoms with Crippen molar-refractivity contribution in [3.63, 3.8) is 0 Å². The minimum atomic E-state index is -0.671. The molecule has 5 nitrogen and oxygen atoms in total. The molecule has 1 N–H and O–H groups in total. The van der Waals surface area contributed by atoms with Crippen LogP contribution in [0, 0.1) is 5.92 Å². The molecule has 0 radical (unpaired) electrons. The van der Waals surface area contributed by atoms with Crippen LogP contribution < -0.4 is 4.90 Å². The Morgan fingerprint density at radius 2 is 2.10 bits per heavy atom. The van der Waals surface area contributed by atoms with E-state index in [4.69, 9.17) is 5.11 Å². The Labute approximate surface area is 126 Å². The number of hydrogen-bond acceptors (Lipinski definition) is 5. The molecule has 0 saturated carbocycles. The van der Waals surface area contributed by atoms with Gasteiger partial charge in [0.15, 0.2) is 0 Å². The third-order valence-electron chi connectivity index (χ3n) is 4.78. The lowest BCUT2D eigenvalue weighted by Crippen LogP contribution is -2.44. The molecule has 2 aliphatic rings. The fraction of sp³-hybridized carbons (Fsp3) is 0.533. The Kier molecular flexibility index (Phi) is 3.06. The minimum Gasteiger partial charge on any atom is -0.481 e. The van der Waals surface area contributed by atoms with Gasteiger partial charge in [0.05, 0.1) is 5.39 Å². The summed E-state index contributed by atoms with van der Waals surface area (Å²) in [5.41, 5.74) is 0. The van der Waals surface area contributed by atoms with E-state index < -0.39 is 5.97 Å². The van der Waals surface area contributed by atoms with Crippen LogP contribution in [0.3, 0.4) is 0 Å². The standard InChI is InChI=1S/C15H17N3O2S/c19-13(20)7-9-5-10-1-2-11(6-9)18(10)14-12-3-4-21-15(12)17-8-16-14/h3-4,8-11H,1-2,5-7H2,(H,19,20). The van der Waals surface area contributed by atoms with Crippen LogP contribution in [0.2, 0.25) is 0 Å². The Hall–Kier alpha value is -1.69. The van der Waals surface area contributed by atoms with Gasteiger partial charge in [-0.25, -0.2) is 9.97 Å². The third-order valence-corrected chi connectivity index (χ3v) is 5.60. The fourth-order valence-electron chi connectivity index (χ4n) is 4.03. The molecule has 2 aromatic heterocycles. The molecule has 2 unspecified atom stereocenters. The predicted octanol–water partition coefficient (Wildman–Crippen LogP) is 2.91. The third kappa shape index (κ3) is 2.18. The summed E-state index contributed by atoms with van der Waals surface area (Å²) in [4.78, 5) is 23.3. The van der Waals surface area contributed by atoms with Gasteiger partial charge in [0.2, 0.25) is 0 Å². The van der Waals surface area contributed by atoms with Gasteiger partial charge in [-0.1, -0.05) is 0 Å². The molecule has 2 aromatic rings. The number of aromatic nitrogens is 2. The summed E-state index contributed by atoms with van der Waals surface area (Å²) in [7, 11) is 0. The monoisotopic (exact) mass is 303 g/mol. The van der Waals surface area contributed by atoms with E-state index in [1.807, 2.05) is 0 Å². The highest BCUT2D eigenvalue weighted by atomic mass is 32.1. The molecule has 2 saturated heterocycles. The Morgan fingerprint density at radius 3 is 2.81 bits per heavy atom. The van der Waals surface area contributed by atoms with E-state index >= 15 is 0 Å².